The molecule has 0 unspecified atom stereocenters. The summed E-state index contributed by atoms with van der Waals surface area (Å²) >= 11 is 0. The Morgan fingerprint density at radius 1 is 1.04 bits per heavy atom. The predicted molar refractivity (Wildman–Crippen MR) is 92.3 cm³/mol. The monoisotopic (exact) mass is 337 g/mol. The molecule has 24 heavy (non-hydrogen) atoms. The lowest BCUT2D eigenvalue weighted by molar-refractivity contribution is 0.0775. The van der Waals surface area contributed by atoms with Gasteiger partial charge >= 0.3 is 0 Å². The number of rotatable bonds is 5. The maximum atomic E-state index is 14.1. The summed E-state index contributed by atoms with van der Waals surface area (Å²) in [5.41, 5.74) is 1.51. The Labute approximate surface area is 144 Å². The molecule has 0 aromatic heterocycles. The molecule has 0 amide bonds. The average molecular weight is 337 g/mol. The Hall–Kier alpha value is -1.00. The Morgan fingerprint density at radius 3 is 2.42 bits per heavy atom. The van der Waals surface area contributed by atoms with Crippen molar-refractivity contribution in [3.8, 4) is 0 Å². The van der Waals surface area contributed by atoms with E-state index in [0.29, 0.717) is 6.04 Å². The smallest absolute Gasteiger partial charge is 0.129 e. The van der Waals surface area contributed by atoms with E-state index in [1.807, 2.05) is 6.92 Å². The van der Waals surface area contributed by atoms with E-state index in [4.69, 9.17) is 4.74 Å². The van der Waals surface area contributed by atoms with Gasteiger partial charge in [0.2, 0.25) is 0 Å². The highest BCUT2D eigenvalue weighted by Crippen LogP contribution is 2.39. The fourth-order valence-electron chi connectivity index (χ4n) is 4.36. The number of hydrogen-bond donors (Lipinski definition) is 1. The zero-order valence-corrected chi connectivity index (χ0v) is 14.6. The van der Waals surface area contributed by atoms with Crippen LogP contribution in [0.3, 0.4) is 0 Å². The van der Waals surface area contributed by atoms with E-state index in [0.717, 1.165) is 81.4 Å². The summed E-state index contributed by atoms with van der Waals surface area (Å²) in [5.74, 6) is 0.154. The minimum atomic E-state index is -0.471. The van der Waals surface area contributed by atoms with Gasteiger partial charge in [-0.15, -0.1) is 0 Å². The van der Waals surface area contributed by atoms with E-state index in [9.17, 15) is 8.78 Å². The Morgan fingerprint density at radius 2 is 1.75 bits per heavy atom. The largest absolute Gasteiger partial charge is 0.381 e. The number of halogens is 2. The first kappa shape index (κ1) is 17.8. The predicted octanol–water partition coefficient (Wildman–Crippen LogP) is 4.71. The first-order valence-corrected chi connectivity index (χ1v) is 9.40. The SMILES string of the molecule is Cc1cc(F)cc(F)c1[C@H]1CC[C@@H](CCNC2CCOCC2)CC1. The fourth-order valence-corrected chi connectivity index (χ4v) is 4.36. The molecule has 1 aliphatic heterocycles. The molecule has 0 atom stereocenters. The van der Waals surface area contributed by atoms with Crippen molar-refractivity contribution in [3.05, 3.63) is 34.9 Å². The normalized spacial score (nSPS) is 25.8. The third kappa shape index (κ3) is 4.54. The van der Waals surface area contributed by atoms with Gasteiger partial charge in [-0.25, -0.2) is 8.78 Å². The van der Waals surface area contributed by atoms with Gasteiger partial charge in [-0.05, 0) is 87.4 Å². The molecule has 1 aliphatic carbocycles. The minimum absolute atomic E-state index is 0.255. The second kappa shape index (κ2) is 8.39. The molecule has 0 spiro atoms. The van der Waals surface area contributed by atoms with Gasteiger partial charge in [-0.3, -0.25) is 0 Å². The summed E-state index contributed by atoms with van der Waals surface area (Å²) in [6.45, 7) is 4.66. The van der Waals surface area contributed by atoms with Gasteiger partial charge in [0.1, 0.15) is 11.6 Å². The zero-order valence-electron chi connectivity index (χ0n) is 14.6. The molecule has 4 heteroatoms. The van der Waals surface area contributed by atoms with Crippen LogP contribution in [0.5, 0.6) is 0 Å². The average Bonchev–Trinajstić information content (AvgIpc) is 2.56. The van der Waals surface area contributed by atoms with Crippen LogP contribution in [-0.2, 0) is 4.74 Å². The quantitative estimate of drug-likeness (QED) is 0.840. The highest BCUT2D eigenvalue weighted by Gasteiger charge is 2.26. The number of nitrogens with one attached hydrogen (secondary N) is 1. The van der Waals surface area contributed by atoms with Gasteiger partial charge in [-0.1, -0.05) is 0 Å². The molecule has 0 radical (unpaired) electrons. The Kier molecular flexibility index (Phi) is 6.23. The van der Waals surface area contributed by atoms with Gasteiger partial charge in [0.25, 0.3) is 0 Å². The molecule has 1 saturated heterocycles. The molecule has 2 nitrogen and oxygen atoms in total. The van der Waals surface area contributed by atoms with Crippen molar-refractivity contribution in [2.24, 2.45) is 5.92 Å². The van der Waals surface area contributed by atoms with Crippen LogP contribution in [0.25, 0.3) is 0 Å². The van der Waals surface area contributed by atoms with E-state index in [1.54, 1.807) is 0 Å². The van der Waals surface area contributed by atoms with Crippen molar-refractivity contribution in [1.82, 2.24) is 5.32 Å². The molecule has 3 rings (SSSR count). The molecule has 1 heterocycles. The van der Waals surface area contributed by atoms with E-state index in [-0.39, 0.29) is 11.7 Å². The van der Waals surface area contributed by atoms with Crippen molar-refractivity contribution in [2.75, 3.05) is 19.8 Å². The lowest BCUT2D eigenvalue weighted by atomic mass is 9.76. The van der Waals surface area contributed by atoms with Crippen LogP contribution in [0.2, 0.25) is 0 Å². The first-order valence-electron chi connectivity index (χ1n) is 9.40. The van der Waals surface area contributed by atoms with Crippen molar-refractivity contribution >= 4 is 0 Å². The summed E-state index contributed by atoms with van der Waals surface area (Å²) in [5, 5.41) is 3.65. The van der Waals surface area contributed by atoms with Crippen molar-refractivity contribution in [3.63, 3.8) is 0 Å². The standard InChI is InChI=1S/C20H29F2NO/c1-14-12-17(21)13-19(22)20(14)16-4-2-15(3-5-16)6-9-23-18-7-10-24-11-8-18/h12-13,15-16,18,23H,2-11H2,1H3/t15-,16+. The van der Waals surface area contributed by atoms with Crippen molar-refractivity contribution < 1.29 is 13.5 Å². The van der Waals surface area contributed by atoms with Crippen molar-refractivity contribution in [1.29, 1.82) is 0 Å². The molecule has 1 aromatic carbocycles. The lowest BCUT2D eigenvalue weighted by Gasteiger charge is -2.31. The molecule has 1 N–H and O–H groups in total. The van der Waals surface area contributed by atoms with Crippen LogP contribution in [0.4, 0.5) is 8.78 Å². The van der Waals surface area contributed by atoms with Crippen LogP contribution in [0.1, 0.15) is 62.0 Å². The maximum Gasteiger partial charge on any atom is 0.129 e. The van der Waals surface area contributed by atoms with Crippen LogP contribution < -0.4 is 5.32 Å². The summed E-state index contributed by atoms with van der Waals surface area (Å²) in [4.78, 5) is 0. The van der Waals surface area contributed by atoms with Crippen LogP contribution in [0, 0.1) is 24.5 Å². The summed E-state index contributed by atoms with van der Waals surface area (Å²) in [6.07, 6.45) is 7.78. The summed E-state index contributed by atoms with van der Waals surface area (Å²) in [6, 6.07) is 3.11. The van der Waals surface area contributed by atoms with Gasteiger partial charge < -0.3 is 10.1 Å². The molecule has 134 valence electrons. The van der Waals surface area contributed by atoms with Gasteiger partial charge in [0.05, 0.1) is 0 Å². The van der Waals surface area contributed by atoms with Gasteiger partial charge in [0.15, 0.2) is 0 Å². The van der Waals surface area contributed by atoms with Gasteiger partial charge in [0, 0.05) is 25.3 Å². The van der Waals surface area contributed by atoms with E-state index < -0.39 is 5.82 Å². The van der Waals surface area contributed by atoms with Crippen LogP contribution in [-0.4, -0.2) is 25.8 Å². The molecular formula is C20H29F2NO. The number of ether oxygens (including phenoxy) is 1. The highest BCUT2D eigenvalue weighted by molar-refractivity contribution is 5.31. The second-order valence-corrected chi connectivity index (χ2v) is 7.47. The summed E-state index contributed by atoms with van der Waals surface area (Å²) < 4.78 is 32.8. The van der Waals surface area contributed by atoms with E-state index >= 15 is 0 Å². The van der Waals surface area contributed by atoms with Gasteiger partial charge in [-0.2, -0.15) is 0 Å². The van der Waals surface area contributed by atoms with Crippen LogP contribution >= 0.6 is 0 Å². The molecule has 2 aliphatic rings. The lowest BCUT2D eigenvalue weighted by Crippen LogP contribution is -2.36. The first-order chi connectivity index (χ1) is 11.6. The zero-order chi connectivity index (χ0) is 16.9. The van der Waals surface area contributed by atoms with Crippen molar-refractivity contribution in [2.45, 2.75) is 63.8 Å². The highest BCUT2D eigenvalue weighted by atomic mass is 19.1. The molecule has 2 fully saturated rings. The molecule has 1 saturated carbocycles. The molecule has 0 bridgehead atoms. The topological polar surface area (TPSA) is 21.3 Å². The molecular weight excluding hydrogens is 308 g/mol. The van der Waals surface area contributed by atoms with Crippen LogP contribution in [0.15, 0.2) is 12.1 Å². The summed E-state index contributed by atoms with van der Waals surface area (Å²) in [7, 11) is 0. The number of aryl methyl sites for hydroxylation is 1. The Balaban J connectivity index is 1.44. The van der Waals surface area contributed by atoms with E-state index in [1.165, 1.54) is 12.5 Å². The number of benzene rings is 1. The third-order valence-corrected chi connectivity index (χ3v) is 5.76. The second-order valence-electron chi connectivity index (χ2n) is 7.47. The van der Waals surface area contributed by atoms with E-state index in [2.05, 4.69) is 5.32 Å². The molecule has 1 aromatic rings. The third-order valence-electron chi connectivity index (χ3n) is 5.76. The Bertz CT molecular complexity index is 511. The fraction of sp³-hybridized carbons (Fsp3) is 0.700. The maximum absolute atomic E-state index is 14.1. The minimum Gasteiger partial charge on any atom is -0.381 e. The number of hydrogen-bond acceptors (Lipinski definition) is 2.